The van der Waals surface area contributed by atoms with Crippen LogP contribution in [0, 0.1) is 0 Å². The smallest absolute Gasteiger partial charge is 0.301 e. The molecule has 19 heavy (non-hydrogen) atoms. The number of fused-ring (bicyclic) bond motifs is 1. The summed E-state index contributed by atoms with van der Waals surface area (Å²) in [4.78, 5) is 12.0. The number of carbonyl (C=O) groups is 1. The van der Waals surface area contributed by atoms with E-state index < -0.39 is 0 Å². The summed E-state index contributed by atoms with van der Waals surface area (Å²) < 4.78 is 5.52. The Kier molecular flexibility index (Phi) is 4.42. The van der Waals surface area contributed by atoms with Crippen LogP contribution < -0.4 is 10.7 Å². The maximum atomic E-state index is 12.0. The Hall–Kier alpha value is -1.56. The number of piperazine rings is 1. The van der Waals surface area contributed by atoms with Gasteiger partial charge in [0.25, 0.3) is 0 Å². The molecule has 2 aromatic rings. The third-order valence-electron chi connectivity index (χ3n) is 3.03. The Bertz CT molecular complexity index is 531. The third kappa shape index (κ3) is 3.07. The standard InChI is InChI=1S/C13H15N3O2.ClH/c17-13(15-16-7-5-14-6-8-16)12-9-10-3-1-2-4-11(10)18-12;/h1-4,9,14H,5-8H2,(H,15,17);1H. The van der Waals surface area contributed by atoms with Crippen molar-refractivity contribution in [3.05, 3.63) is 36.1 Å². The minimum absolute atomic E-state index is 0. The first-order valence-corrected chi connectivity index (χ1v) is 6.08. The van der Waals surface area contributed by atoms with E-state index in [1.165, 1.54) is 0 Å². The molecule has 2 heterocycles. The summed E-state index contributed by atoms with van der Waals surface area (Å²) in [6, 6.07) is 9.38. The molecule has 0 spiro atoms. The first-order chi connectivity index (χ1) is 8.83. The number of furan rings is 1. The maximum absolute atomic E-state index is 12.0. The zero-order chi connectivity index (χ0) is 12.4. The summed E-state index contributed by atoms with van der Waals surface area (Å²) in [7, 11) is 0. The summed E-state index contributed by atoms with van der Waals surface area (Å²) in [6.45, 7) is 3.40. The Morgan fingerprint density at radius 1 is 1.26 bits per heavy atom. The Balaban J connectivity index is 0.00000133. The van der Waals surface area contributed by atoms with E-state index in [0.717, 1.165) is 37.1 Å². The number of nitrogens with zero attached hydrogens (tertiary/aromatic N) is 1. The minimum Gasteiger partial charge on any atom is -0.451 e. The largest absolute Gasteiger partial charge is 0.451 e. The van der Waals surface area contributed by atoms with Crippen LogP contribution in [0.1, 0.15) is 10.6 Å². The molecule has 1 saturated heterocycles. The van der Waals surface area contributed by atoms with Crippen molar-refractivity contribution in [3.63, 3.8) is 0 Å². The normalized spacial score (nSPS) is 16.0. The van der Waals surface area contributed by atoms with Crippen LogP contribution in [0.5, 0.6) is 0 Å². The maximum Gasteiger partial charge on any atom is 0.301 e. The van der Waals surface area contributed by atoms with Gasteiger partial charge in [0.1, 0.15) is 5.58 Å². The molecule has 5 nitrogen and oxygen atoms in total. The van der Waals surface area contributed by atoms with Gasteiger partial charge in [-0.15, -0.1) is 12.4 Å². The second-order valence-electron chi connectivity index (χ2n) is 4.33. The van der Waals surface area contributed by atoms with Crippen LogP contribution >= 0.6 is 12.4 Å². The van der Waals surface area contributed by atoms with Crippen LogP contribution in [-0.2, 0) is 0 Å². The molecule has 0 radical (unpaired) electrons. The van der Waals surface area contributed by atoms with Crippen LogP contribution in [0.3, 0.4) is 0 Å². The van der Waals surface area contributed by atoms with Gasteiger partial charge in [0.05, 0.1) is 0 Å². The van der Waals surface area contributed by atoms with E-state index in [0.29, 0.717) is 5.76 Å². The molecule has 2 N–H and O–H groups in total. The van der Waals surface area contributed by atoms with Crippen molar-refractivity contribution in [3.8, 4) is 0 Å². The molecule has 3 rings (SSSR count). The van der Waals surface area contributed by atoms with Crippen molar-refractivity contribution in [1.82, 2.24) is 15.8 Å². The lowest BCUT2D eigenvalue weighted by Gasteiger charge is -2.26. The van der Waals surface area contributed by atoms with Gasteiger partial charge in [-0.2, -0.15) is 0 Å². The van der Waals surface area contributed by atoms with Crippen LogP contribution in [-0.4, -0.2) is 37.1 Å². The van der Waals surface area contributed by atoms with Gasteiger partial charge in [-0.25, -0.2) is 5.01 Å². The highest BCUT2D eigenvalue weighted by Crippen LogP contribution is 2.18. The molecule has 1 fully saturated rings. The Labute approximate surface area is 117 Å². The number of halogens is 1. The molecule has 102 valence electrons. The summed E-state index contributed by atoms with van der Waals surface area (Å²) in [5, 5.41) is 6.09. The lowest BCUT2D eigenvalue weighted by molar-refractivity contribution is 0.0738. The topological polar surface area (TPSA) is 57.5 Å². The Morgan fingerprint density at radius 2 is 2.00 bits per heavy atom. The number of hydrogen-bond acceptors (Lipinski definition) is 4. The average Bonchev–Trinajstić information content (AvgIpc) is 2.84. The molecule has 6 heteroatoms. The fourth-order valence-electron chi connectivity index (χ4n) is 2.07. The summed E-state index contributed by atoms with van der Waals surface area (Å²) in [6.07, 6.45) is 0. The number of hydrogen-bond donors (Lipinski definition) is 2. The van der Waals surface area contributed by atoms with Crippen molar-refractivity contribution < 1.29 is 9.21 Å². The van der Waals surface area contributed by atoms with E-state index >= 15 is 0 Å². The number of nitrogens with one attached hydrogen (secondary N) is 2. The molecule has 0 saturated carbocycles. The van der Waals surface area contributed by atoms with Gasteiger partial charge < -0.3 is 9.73 Å². The third-order valence-corrected chi connectivity index (χ3v) is 3.03. The highest BCUT2D eigenvalue weighted by molar-refractivity contribution is 5.95. The summed E-state index contributed by atoms with van der Waals surface area (Å²) in [5.41, 5.74) is 3.60. The Morgan fingerprint density at radius 3 is 2.74 bits per heavy atom. The van der Waals surface area contributed by atoms with Crippen molar-refractivity contribution >= 4 is 29.3 Å². The van der Waals surface area contributed by atoms with E-state index in [1.807, 2.05) is 29.3 Å². The zero-order valence-corrected chi connectivity index (χ0v) is 11.2. The van der Waals surface area contributed by atoms with E-state index in [-0.39, 0.29) is 18.3 Å². The number of amides is 1. The van der Waals surface area contributed by atoms with Crippen molar-refractivity contribution in [2.75, 3.05) is 26.2 Å². The average molecular weight is 282 g/mol. The molecule has 1 amide bonds. The van der Waals surface area contributed by atoms with Crippen LogP contribution in [0.25, 0.3) is 11.0 Å². The van der Waals surface area contributed by atoms with E-state index in [2.05, 4.69) is 10.7 Å². The van der Waals surface area contributed by atoms with Crippen molar-refractivity contribution in [2.24, 2.45) is 0 Å². The van der Waals surface area contributed by atoms with Crippen molar-refractivity contribution in [1.29, 1.82) is 0 Å². The number of para-hydroxylation sites is 1. The van der Waals surface area contributed by atoms with Crippen LogP contribution in [0.2, 0.25) is 0 Å². The van der Waals surface area contributed by atoms with E-state index in [1.54, 1.807) is 6.07 Å². The highest BCUT2D eigenvalue weighted by Gasteiger charge is 2.16. The van der Waals surface area contributed by atoms with Crippen LogP contribution in [0.15, 0.2) is 34.7 Å². The molecule has 1 aliphatic heterocycles. The SMILES string of the molecule is Cl.O=C(NN1CCNCC1)c1cc2ccccc2o1. The monoisotopic (exact) mass is 281 g/mol. The van der Waals surface area contributed by atoms with Gasteiger partial charge in [0, 0.05) is 31.6 Å². The quantitative estimate of drug-likeness (QED) is 0.874. The molecule has 0 unspecified atom stereocenters. The molecular weight excluding hydrogens is 266 g/mol. The summed E-state index contributed by atoms with van der Waals surface area (Å²) in [5.74, 6) is 0.169. The highest BCUT2D eigenvalue weighted by atomic mass is 35.5. The molecule has 0 atom stereocenters. The number of carbonyl (C=O) groups excluding carboxylic acids is 1. The van der Waals surface area contributed by atoms with Gasteiger partial charge in [-0.3, -0.25) is 10.2 Å². The van der Waals surface area contributed by atoms with Gasteiger partial charge in [0.2, 0.25) is 0 Å². The van der Waals surface area contributed by atoms with Gasteiger partial charge in [-0.05, 0) is 12.1 Å². The lowest BCUT2D eigenvalue weighted by Crippen LogP contribution is -2.52. The number of hydrazine groups is 1. The molecular formula is C13H16ClN3O2. The van der Waals surface area contributed by atoms with Gasteiger partial charge in [0.15, 0.2) is 5.76 Å². The number of benzene rings is 1. The second kappa shape index (κ2) is 6.06. The summed E-state index contributed by atoms with van der Waals surface area (Å²) >= 11 is 0. The molecule has 1 aliphatic rings. The van der Waals surface area contributed by atoms with E-state index in [9.17, 15) is 4.79 Å². The fraction of sp³-hybridized carbons (Fsp3) is 0.308. The minimum atomic E-state index is -0.187. The van der Waals surface area contributed by atoms with Crippen LogP contribution in [0.4, 0.5) is 0 Å². The second-order valence-corrected chi connectivity index (χ2v) is 4.33. The molecule has 0 bridgehead atoms. The van der Waals surface area contributed by atoms with Gasteiger partial charge in [-0.1, -0.05) is 18.2 Å². The lowest BCUT2D eigenvalue weighted by atomic mass is 10.2. The first kappa shape index (κ1) is 13.9. The predicted molar refractivity (Wildman–Crippen MR) is 75.4 cm³/mol. The number of rotatable bonds is 2. The van der Waals surface area contributed by atoms with Crippen molar-refractivity contribution in [2.45, 2.75) is 0 Å². The first-order valence-electron chi connectivity index (χ1n) is 6.08. The zero-order valence-electron chi connectivity index (χ0n) is 10.4. The molecule has 0 aliphatic carbocycles. The fourth-order valence-corrected chi connectivity index (χ4v) is 2.07. The predicted octanol–water partition coefficient (Wildman–Crippen LogP) is 1.40. The molecule has 1 aromatic carbocycles. The van der Waals surface area contributed by atoms with E-state index in [4.69, 9.17) is 4.42 Å². The van der Waals surface area contributed by atoms with Gasteiger partial charge >= 0.3 is 5.91 Å². The molecule has 1 aromatic heterocycles.